The van der Waals surface area contributed by atoms with Gasteiger partial charge in [0.2, 0.25) is 0 Å². The molecule has 28 heavy (non-hydrogen) atoms. The molecule has 3 aliphatic rings. The summed E-state index contributed by atoms with van der Waals surface area (Å²) in [7, 11) is 3.98. The van der Waals surface area contributed by atoms with Gasteiger partial charge in [-0.3, -0.25) is 0 Å². The molecule has 2 aromatic rings. The summed E-state index contributed by atoms with van der Waals surface area (Å²) in [6.45, 7) is 6.58. The zero-order valence-electron chi connectivity index (χ0n) is 16.7. The number of nitrogens with one attached hydrogen (secondary N) is 2. The highest BCUT2D eigenvalue weighted by molar-refractivity contribution is 5.74. The molecule has 150 valence electrons. The Balaban J connectivity index is 0.000000268. The molecule has 2 saturated heterocycles. The van der Waals surface area contributed by atoms with E-state index in [1.54, 1.807) is 12.1 Å². The number of para-hydroxylation sites is 1. The minimum absolute atomic E-state index is 0.221. The van der Waals surface area contributed by atoms with Crippen molar-refractivity contribution in [1.82, 2.24) is 20.4 Å². The molecule has 2 aliphatic heterocycles. The highest BCUT2D eigenvalue weighted by atomic mass is 16.3. The van der Waals surface area contributed by atoms with E-state index in [1.807, 2.05) is 25.2 Å². The second kappa shape index (κ2) is 8.32. The fourth-order valence-electron chi connectivity index (χ4n) is 3.93. The molecule has 7 nitrogen and oxygen atoms in total. The Bertz CT molecular complexity index is 797. The number of phenolic OH excluding ortho intramolecular Hbond substituents is 1. The van der Waals surface area contributed by atoms with Crippen LogP contribution in [0.4, 0.5) is 11.5 Å². The van der Waals surface area contributed by atoms with Crippen molar-refractivity contribution in [1.29, 1.82) is 0 Å². The fraction of sp³-hybridized carbons (Fsp3) is 0.524. The maximum absolute atomic E-state index is 10.0. The lowest BCUT2D eigenvalue weighted by Crippen LogP contribution is -2.44. The summed E-state index contributed by atoms with van der Waals surface area (Å²) in [6, 6.07) is 9.21. The smallest absolute Gasteiger partial charge is 0.172 e. The number of nitrogens with zero attached hydrogens (tertiary/aromatic N) is 4. The van der Waals surface area contributed by atoms with Gasteiger partial charge in [-0.25, -0.2) is 0 Å². The summed E-state index contributed by atoms with van der Waals surface area (Å²) >= 11 is 0. The first-order chi connectivity index (χ1) is 13.7. The molecule has 0 spiro atoms. The number of fused-ring (bicyclic) bond motifs is 1. The van der Waals surface area contributed by atoms with Gasteiger partial charge in [-0.05, 0) is 56.6 Å². The van der Waals surface area contributed by atoms with Crippen molar-refractivity contribution in [3.63, 3.8) is 0 Å². The minimum atomic E-state index is 0.221. The fourth-order valence-corrected chi connectivity index (χ4v) is 3.93. The van der Waals surface area contributed by atoms with E-state index in [-0.39, 0.29) is 5.75 Å². The Hall–Kier alpha value is -2.38. The van der Waals surface area contributed by atoms with Crippen LogP contribution in [-0.2, 0) is 0 Å². The lowest BCUT2D eigenvalue weighted by molar-refractivity contribution is 0.313. The van der Waals surface area contributed by atoms with Crippen molar-refractivity contribution >= 4 is 11.5 Å². The molecule has 1 aliphatic carbocycles. The monoisotopic (exact) mass is 382 g/mol. The Labute approximate surface area is 166 Å². The molecule has 0 radical (unpaired) electrons. The van der Waals surface area contributed by atoms with Gasteiger partial charge in [-0.15, -0.1) is 10.2 Å². The van der Waals surface area contributed by atoms with E-state index < -0.39 is 0 Å². The maximum Gasteiger partial charge on any atom is 0.172 e. The topological polar surface area (TPSA) is 76.5 Å². The Morgan fingerprint density at radius 2 is 1.79 bits per heavy atom. The molecule has 2 unspecified atom stereocenters. The average molecular weight is 383 g/mol. The summed E-state index contributed by atoms with van der Waals surface area (Å²) in [6.07, 6.45) is 1.52. The van der Waals surface area contributed by atoms with Crippen LogP contribution in [0.5, 0.6) is 5.75 Å². The van der Waals surface area contributed by atoms with Gasteiger partial charge in [0, 0.05) is 38.8 Å². The standard InChI is InChI=1S/C16H21N5O.C5H9N/c1-17-16-14(21-9-7-20(2)8-10-21)11-13(18-19-16)12-5-3-4-6-15(12)22;1-4-2-6-3-5(1)4/h3-6,11,22H,7-10H2,1-2H3,(H,17,19);4-6H,1-3H2. The van der Waals surface area contributed by atoms with Gasteiger partial charge in [0.05, 0.1) is 11.4 Å². The van der Waals surface area contributed by atoms with Gasteiger partial charge < -0.3 is 25.5 Å². The summed E-state index contributed by atoms with van der Waals surface area (Å²) < 4.78 is 0. The van der Waals surface area contributed by atoms with E-state index in [9.17, 15) is 5.11 Å². The molecular weight excluding hydrogens is 352 g/mol. The summed E-state index contributed by atoms with van der Waals surface area (Å²) in [5.74, 6) is 3.19. The number of piperazine rings is 1. The zero-order valence-corrected chi connectivity index (χ0v) is 16.7. The van der Waals surface area contributed by atoms with E-state index in [0.717, 1.165) is 49.5 Å². The first kappa shape index (κ1) is 19.0. The Morgan fingerprint density at radius 1 is 1.07 bits per heavy atom. The second-order valence-corrected chi connectivity index (χ2v) is 7.94. The Kier molecular flexibility index (Phi) is 5.64. The van der Waals surface area contributed by atoms with Crippen molar-refractivity contribution in [2.24, 2.45) is 11.8 Å². The normalized spacial score (nSPS) is 23.6. The molecule has 3 heterocycles. The van der Waals surface area contributed by atoms with E-state index in [4.69, 9.17) is 0 Å². The quantitative estimate of drug-likeness (QED) is 0.748. The third kappa shape index (κ3) is 4.20. The van der Waals surface area contributed by atoms with Crippen LogP contribution in [-0.4, -0.2) is 73.6 Å². The van der Waals surface area contributed by atoms with Crippen molar-refractivity contribution in [2.45, 2.75) is 6.42 Å². The molecule has 3 N–H and O–H groups in total. The molecule has 7 heteroatoms. The van der Waals surface area contributed by atoms with Crippen LogP contribution in [0.25, 0.3) is 11.3 Å². The number of aromatic hydroxyl groups is 1. The Morgan fingerprint density at radius 3 is 2.36 bits per heavy atom. The predicted octanol–water partition coefficient (Wildman–Crippen LogP) is 1.87. The van der Waals surface area contributed by atoms with Gasteiger partial charge in [0.15, 0.2) is 5.82 Å². The first-order valence-electron chi connectivity index (χ1n) is 10.1. The third-order valence-electron chi connectivity index (χ3n) is 5.92. The average Bonchev–Trinajstić information content (AvgIpc) is 3.33. The van der Waals surface area contributed by atoms with Gasteiger partial charge in [-0.1, -0.05) is 12.1 Å². The van der Waals surface area contributed by atoms with Crippen LogP contribution < -0.4 is 15.5 Å². The summed E-state index contributed by atoms with van der Waals surface area (Å²) in [5, 5.41) is 25.0. The molecular formula is C21H30N6O. The van der Waals surface area contributed by atoms with E-state index in [2.05, 4.69) is 37.7 Å². The van der Waals surface area contributed by atoms with E-state index in [0.29, 0.717) is 11.3 Å². The number of rotatable bonds is 3. The number of anilines is 2. The largest absolute Gasteiger partial charge is 0.507 e. The molecule has 2 atom stereocenters. The van der Waals surface area contributed by atoms with Crippen molar-refractivity contribution < 1.29 is 5.11 Å². The molecule has 0 bridgehead atoms. The number of hydrogen-bond donors (Lipinski definition) is 3. The second-order valence-electron chi connectivity index (χ2n) is 7.94. The lowest BCUT2D eigenvalue weighted by Gasteiger charge is -2.34. The third-order valence-corrected chi connectivity index (χ3v) is 5.92. The zero-order chi connectivity index (χ0) is 19.5. The van der Waals surface area contributed by atoms with Crippen LogP contribution in [0, 0.1) is 11.8 Å². The predicted molar refractivity (Wildman–Crippen MR) is 113 cm³/mol. The minimum Gasteiger partial charge on any atom is -0.507 e. The van der Waals surface area contributed by atoms with Gasteiger partial charge in [0.1, 0.15) is 5.75 Å². The maximum atomic E-state index is 10.0. The van der Waals surface area contributed by atoms with Crippen LogP contribution in [0.3, 0.4) is 0 Å². The molecule has 1 saturated carbocycles. The van der Waals surface area contributed by atoms with Crippen LogP contribution >= 0.6 is 0 Å². The number of piperidine rings is 1. The highest BCUT2D eigenvalue weighted by Gasteiger charge is 2.40. The summed E-state index contributed by atoms with van der Waals surface area (Å²) in [5.41, 5.74) is 2.42. The number of hydrogen-bond acceptors (Lipinski definition) is 7. The van der Waals surface area contributed by atoms with Gasteiger partial charge >= 0.3 is 0 Å². The van der Waals surface area contributed by atoms with Crippen LogP contribution in [0.2, 0.25) is 0 Å². The van der Waals surface area contributed by atoms with Crippen molar-refractivity contribution in [3.8, 4) is 17.0 Å². The number of aromatic nitrogens is 2. The molecule has 5 rings (SSSR count). The van der Waals surface area contributed by atoms with Crippen LogP contribution in [0.15, 0.2) is 30.3 Å². The highest BCUT2D eigenvalue weighted by Crippen LogP contribution is 2.40. The van der Waals surface area contributed by atoms with Gasteiger partial charge in [0.25, 0.3) is 0 Å². The van der Waals surface area contributed by atoms with Crippen molar-refractivity contribution in [2.75, 3.05) is 63.6 Å². The molecule has 1 aromatic carbocycles. The number of benzene rings is 1. The first-order valence-corrected chi connectivity index (χ1v) is 10.1. The van der Waals surface area contributed by atoms with Crippen LogP contribution in [0.1, 0.15) is 6.42 Å². The van der Waals surface area contributed by atoms with Gasteiger partial charge in [-0.2, -0.15) is 0 Å². The van der Waals surface area contributed by atoms with E-state index >= 15 is 0 Å². The summed E-state index contributed by atoms with van der Waals surface area (Å²) in [4.78, 5) is 4.62. The lowest BCUT2D eigenvalue weighted by atomic mass is 10.1. The number of likely N-dealkylation sites (N-methyl/N-ethyl adjacent to an activating group) is 1. The van der Waals surface area contributed by atoms with Crippen molar-refractivity contribution in [3.05, 3.63) is 30.3 Å². The van der Waals surface area contributed by atoms with E-state index in [1.165, 1.54) is 19.5 Å². The molecule has 3 fully saturated rings. The molecule has 1 aromatic heterocycles. The SMILES string of the molecule is C1NCC2CC12.CNc1nnc(-c2ccccc2O)cc1N1CCN(C)CC1. The molecule has 0 amide bonds. The number of phenols is 1.